The van der Waals surface area contributed by atoms with E-state index in [1.54, 1.807) is 0 Å². The van der Waals surface area contributed by atoms with Crippen LogP contribution in [0.4, 0.5) is 0 Å². The van der Waals surface area contributed by atoms with Crippen molar-refractivity contribution in [3.8, 4) is 0 Å². The van der Waals surface area contributed by atoms with Crippen LogP contribution in [0, 0.1) is 11.8 Å². The van der Waals surface area contributed by atoms with Gasteiger partial charge in [-0.25, -0.2) is 0 Å². The van der Waals surface area contributed by atoms with Crippen molar-refractivity contribution in [3.63, 3.8) is 0 Å². The maximum Gasteiger partial charge on any atom is 0.226 e. The van der Waals surface area contributed by atoms with Gasteiger partial charge in [0.1, 0.15) is 0 Å². The molecule has 2 aromatic carbocycles. The largest absolute Gasteiger partial charge is 0.345 e. The maximum atomic E-state index is 13.4. The first-order valence-electron chi connectivity index (χ1n) is 10.7. The quantitative estimate of drug-likeness (QED) is 0.440. The number of aromatic nitrogens is 1. The van der Waals surface area contributed by atoms with E-state index in [-0.39, 0.29) is 11.8 Å². The molecule has 1 saturated carbocycles. The van der Waals surface area contributed by atoms with Crippen molar-refractivity contribution in [2.24, 2.45) is 11.8 Å². The second kappa shape index (κ2) is 9.09. The van der Waals surface area contributed by atoms with E-state index in [1.165, 1.54) is 5.56 Å². The van der Waals surface area contributed by atoms with Gasteiger partial charge in [-0.1, -0.05) is 67.9 Å². The molecule has 1 amide bonds. The number of carbonyl (C=O) groups is 1. The molecule has 0 saturated heterocycles. The molecular formula is C26H29ClN2O. The fourth-order valence-corrected chi connectivity index (χ4v) is 4.43. The third kappa shape index (κ3) is 4.96. The minimum Gasteiger partial charge on any atom is -0.345 e. The number of rotatable bonds is 8. The lowest BCUT2D eigenvalue weighted by Gasteiger charge is -2.26. The summed E-state index contributed by atoms with van der Waals surface area (Å²) in [6, 6.07) is 22.6. The zero-order valence-corrected chi connectivity index (χ0v) is 18.4. The van der Waals surface area contributed by atoms with E-state index >= 15 is 0 Å². The van der Waals surface area contributed by atoms with Crippen molar-refractivity contribution < 1.29 is 4.79 Å². The van der Waals surface area contributed by atoms with Gasteiger partial charge in [0.15, 0.2) is 0 Å². The number of benzene rings is 2. The smallest absolute Gasteiger partial charge is 0.226 e. The van der Waals surface area contributed by atoms with E-state index in [4.69, 9.17) is 11.6 Å². The molecule has 1 aliphatic rings. The highest BCUT2D eigenvalue weighted by molar-refractivity contribution is 6.30. The van der Waals surface area contributed by atoms with Crippen LogP contribution in [-0.2, 0) is 17.9 Å². The van der Waals surface area contributed by atoms with Gasteiger partial charge in [0.05, 0.1) is 6.54 Å². The van der Waals surface area contributed by atoms with Crippen LogP contribution in [0.1, 0.15) is 43.0 Å². The lowest BCUT2D eigenvalue weighted by molar-refractivity contribution is -0.134. The van der Waals surface area contributed by atoms with E-state index in [9.17, 15) is 4.79 Å². The van der Waals surface area contributed by atoms with E-state index in [2.05, 4.69) is 72.0 Å². The standard InChI is InChI=1S/C26H29ClN2O/c1-19(2)16-29(26(30)25-15-24(25)21-9-4-3-5-10-21)18-23-12-7-13-28(23)17-20-8-6-11-22(27)14-20/h3-14,19,24-25H,15-18H2,1-2H3/t24-,25+/m0/s1. The monoisotopic (exact) mass is 420 g/mol. The number of amides is 1. The third-order valence-electron chi connectivity index (χ3n) is 5.75. The summed E-state index contributed by atoms with van der Waals surface area (Å²) in [6.45, 7) is 6.52. The molecule has 3 nitrogen and oxygen atoms in total. The van der Waals surface area contributed by atoms with E-state index in [0.29, 0.717) is 18.4 Å². The number of nitrogens with zero attached hydrogens (tertiary/aromatic N) is 2. The topological polar surface area (TPSA) is 25.2 Å². The van der Waals surface area contributed by atoms with Gasteiger partial charge in [-0.05, 0) is 53.6 Å². The number of hydrogen-bond acceptors (Lipinski definition) is 1. The van der Waals surface area contributed by atoms with Crippen molar-refractivity contribution >= 4 is 17.5 Å². The predicted molar refractivity (Wildman–Crippen MR) is 123 cm³/mol. The van der Waals surface area contributed by atoms with Crippen LogP contribution in [0.2, 0.25) is 5.02 Å². The Kier molecular flexibility index (Phi) is 6.29. The SMILES string of the molecule is CC(C)CN(Cc1cccn1Cc1cccc(Cl)c1)C(=O)[C@@H]1C[C@H]1c1ccccc1. The van der Waals surface area contributed by atoms with E-state index in [0.717, 1.165) is 35.8 Å². The molecule has 0 aliphatic heterocycles. The minimum absolute atomic E-state index is 0.113. The third-order valence-corrected chi connectivity index (χ3v) is 5.99. The molecular weight excluding hydrogens is 392 g/mol. The Labute approximate surface area is 184 Å². The average Bonchev–Trinajstić information content (AvgIpc) is 3.42. The highest BCUT2D eigenvalue weighted by Gasteiger charge is 2.45. The second-order valence-corrected chi connectivity index (χ2v) is 9.17. The Balaban J connectivity index is 1.48. The van der Waals surface area contributed by atoms with Crippen LogP contribution < -0.4 is 0 Å². The Morgan fingerprint density at radius 3 is 2.63 bits per heavy atom. The lowest BCUT2D eigenvalue weighted by atomic mass is 10.1. The van der Waals surface area contributed by atoms with Crippen molar-refractivity contribution in [1.82, 2.24) is 9.47 Å². The normalized spacial score (nSPS) is 17.9. The Morgan fingerprint density at radius 2 is 1.90 bits per heavy atom. The molecule has 0 radical (unpaired) electrons. The van der Waals surface area contributed by atoms with Crippen LogP contribution >= 0.6 is 11.6 Å². The van der Waals surface area contributed by atoms with E-state index < -0.39 is 0 Å². The number of hydrogen-bond donors (Lipinski definition) is 0. The van der Waals surface area contributed by atoms with Crippen LogP contribution in [0.5, 0.6) is 0 Å². The summed E-state index contributed by atoms with van der Waals surface area (Å²) >= 11 is 6.15. The van der Waals surface area contributed by atoms with Crippen molar-refractivity contribution in [2.45, 2.75) is 39.3 Å². The van der Waals surface area contributed by atoms with Gasteiger partial charge in [0.2, 0.25) is 5.91 Å². The summed E-state index contributed by atoms with van der Waals surface area (Å²) < 4.78 is 2.22. The zero-order chi connectivity index (χ0) is 21.1. The first kappa shape index (κ1) is 20.7. The summed E-state index contributed by atoms with van der Waals surface area (Å²) in [6.07, 6.45) is 3.04. The Bertz CT molecular complexity index is 995. The molecule has 3 aromatic rings. The Hall–Kier alpha value is -2.52. The molecule has 4 heteroatoms. The highest BCUT2D eigenvalue weighted by atomic mass is 35.5. The summed E-state index contributed by atoms with van der Waals surface area (Å²) in [5.74, 6) is 1.20. The molecule has 1 heterocycles. The molecule has 1 aromatic heterocycles. The molecule has 30 heavy (non-hydrogen) atoms. The highest BCUT2D eigenvalue weighted by Crippen LogP contribution is 2.48. The fraction of sp³-hybridized carbons (Fsp3) is 0.346. The summed E-state index contributed by atoms with van der Waals surface area (Å²) in [4.78, 5) is 15.4. The molecule has 4 rings (SSSR count). The van der Waals surface area contributed by atoms with E-state index in [1.807, 2.05) is 24.3 Å². The van der Waals surface area contributed by atoms with Crippen LogP contribution in [0.15, 0.2) is 72.9 Å². The van der Waals surface area contributed by atoms with Gasteiger partial charge in [-0.3, -0.25) is 4.79 Å². The van der Waals surface area contributed by atoms with Crippen molar-refractivity contribution in [2.75, 3.05) is 6.54 Å². The molecule has 0 unspecified atom stereocenters. The molecule has 0 bridgehead atoms. The van der Waals surface area contributed by atoms with Gasteiger partial charge in [0.25, 0.3) is 0 Å². The first-order valence-corrected chi connectivity index (χ1v) is 11.1. The zero-order valence-electron chi connectivity index (χ0n) is 17.7. The van der Waals surface area contributed by atoms with Crippen molar-refractivity contribution in [3.05, 3.63) is 94.8 Å². The number of halogens is 1. The first-order chi connectivity index (χ1) is 14.5. The van der Waals surface area contributed by atoms with Crippen LogP contribution in [0.3, 0.4) is 0 Å². The Morgan fingerprint density at radius 1 is 1.10 bits per heavy atom. The fourth-order valence-electron chi connectivity index (χ4n) is 4.22. The molecule has 0 spiro atoms. The van der Waals surface area contributed by atoms with Gasteiger partial charge in [0, 0.05) is 35.9 Å². The van der Waals surface area contributed by atoms with Crippen molar-refractivity contribution in [1.29, 1.82) is 0 Å². The molecule has 156 valence electrons. The second-order valence-electron chi connectivity index (χ2n) is 8.73. The molecule has 0 N–H and O–H groups in total. The summed E-state index contributed by atoms with van der Waals surface area (Å²) in [5.41, 5.74) is 3.60. The van der Waals surface area contributed by atoms with Crippen LogP contribution in [-0.4, -0.2) is 21.9 Å². The summed E-state index contributed by atoms with van der Waals surface area (Å²) in [7, 11) is 0. The maximum absolute atomic E-state index is 13.4. The van der Waals surface area contributed by atoms with Gasteiger partial charge >= 0.3 is 0 Å². The molecule has 1 fully saturated rings. The molecule has 1 aliphatic carbocycles. The lowest BCUT2D eigenvalue weighted by Crippen LogP contribution is -2.35. The molecule has 2 atom stereocenters. The minimum atomic E-state index is 0.113. The summed E-state index contributed by atoms with van der Waals surface area (Å²) in [5, 5.41) is 0.749. The number of carbonyl (C=O) groups excluding carboxylic acids is 1. The predicted octanol–water partition coefficient (Wildman–Crippen LogP) is 5.98. The van der Waals surface area contributed by atoms with Gasteiger partial charge in [-0.15, -0.1) is 0 Å². The van der Waals surface area contributed by atoms with Gasteiger partial charge in [-0.2, -0.15) is 0 Å². The van der Waals surface area contributed by atoms with Gasteiger partial charge < -0.3 is 9.47 Å². The average molecular weight is 421 g/mol. The van der Waals surface area contributed by atoms with Crippen LogP contribution in [0.25, 0.3) is 0 Å².